The van der Waals surface area contributed by atoms with Crippen molar-refractivity contribution in [2.45, 2.75) is 64.2 Å². The molecule has 2 aromatic rings. The van der Waals surface area contributed by atoms with Crippen LogP contribution in [0, 0.1) is 0 Å². The van der Waals surface area contributed by atoms with Gasteiger partial charge in [-0.3, -0.25) is 0 Å². The van der Waals surface area contributed by atoms with Crippen LogP contribution in [0.4, 0.5) is 0 Å². The third-order valence-electron chi connectivity index (χ3n) is 4.64. The van der Waals surface area contributed by atoms with Gasteiger partial charge in [-0.05, 0) is 68.2 Å². The Hall–Kier alpha value is -2.22. The monoisotopic (exact) mass is 352 g/mol. The van der Waals surface area contributed by atoms with Crippen LogP contribution in [-0.4, -0.2) is 10.2 Å². The average molecular weight is 353 g/mol. The molecule has 0 bridgehead atoms. The fourth-order valence-corrected chi connectivity index (χ4v) is 3.23. The zero-order valence-corrected chi connectivity index (χ0v) is 15.7. The van der Waals surface area contributed by atoms with E-state index in [9.17, 15) is 10.2 Å². The Bertz CT molecular complexity index is 626. The number of unbranched alkanes of at least 4 members (excludes halogenated alkanes) is 6. The van der Waals surface area contributed by atoms with Gasteiger partial charge >= 0.3 is 0 Å². The van der Waals surface area contributed by atoms with Crippen molar-refractivity contribution >= 4 is 0 Å². The maximum absolute atomic E-state index is 9.46. The molecule has 26 heavy (non-hydrogen) atoms. The standard InChI is InChI=1S/C24H32O2/c25-23-18-22(19-24(26)20-23)17-11-8-6-4-2-1-3-5-7-10-14-21-15-12-9-13-16-21/h3,5,9,12-13,15-16,18-20,25-26H,1-2,4,6-8,10-11,14,17H2. The van der Waals surface area contributed by atoms with Gasteiger partial charge in [-0.25, -0.2) is 0 Å². The third kappa shape index (κ3) is 8.75. The first kappa shape index (κ1) is 20.1. The molecule has 0 aliphatic heterocycles. The van der Waals surface area contributed by atoms with Gasteiger partial charge in [0, 0.05) is 6.07 Å². The van der Waals surface area contributed by atoms with E-state index in [4.69, 9.17) is 0 Å². The fourth-order valence-electron chi connectivity index (χ4n) is 3.23. The van der Waals surface area contributed by atoms with Crippen molar-refractivity contribution in [1.82, 2.24) is 0 Å². The highest BCUT2D eigenvalue weighted by atomic mass is 16.3. The first-order chi connectivity index (χ1) is 12.7. The van der Waals surface area contributed by atoms with Gasteiger partial charge in [-0.15, -0.1) is 0 Å². The molecule has 0 aliphatic rings. The van der Waals surface area contributed by atoms with E-state index in [2.05, 4.69) is 42.5 Å². The molecule has 0 aliphatic carbocycles. The van der Waals surface area contributed by atoms with Crippen LogP contribution in [0.1, 0.15) is 62.5 Å². The van der Waals surface area contributed by atoms with Gasteiger partial charge in [-0.1, -0.05) is 61.7 Å². The van der Waals surface area contributed by atoms with Crippen molar-refractivity contribution in [3.8, 4) is 11.5 Å². The van der Waals surface area contributed by atoms with Crippen LogP contribution in [0.15, 0.2) is 60.7 Å². The molecule has 0 aromatic heterocycles. The summed E-state index contributed by atoms with van der Waals surface area (Å²) in [6.07, 6.45) is 16.5. The summed E-state index contributed by atoms with van der Waals surface area (Å²) in [5.41, 5.74) is 2.45. The third-order valence-corrected chi connectivity index (χ3v) is 4.64. The summed E-state index contributed by atoms with van der Waals surface area (Å²) in [7, 11) is 0. The van der Waals surface area contributed by atoms with E-state index in [1.807, 2.05) is 0 Å². The molecule has 2 nitrogen and oxygen atoms in total. The van der Waals surface area contributed by atoms with Crippen molar-refractivity contribution in [3.05, 3.63) is 71.8 Å². The maximum Gasteiger partial charge on any atom is 0.119 e. The Morgan fingerprint density at radius 3 is 1.88 bits per heavy atom. The van der Waals surface area contributed by atoms with Gasteiger partial charge in [0.1, 0.15) is 11.5 Å². The molecule has 0 saturated heterocycles. The number of phenols is 2. The predicted octanol–water partition coefficient (Wildman–Crippen LogP) is 6.56. The highest BCUT2D eigenvalue weighted by Crippen LogP contribution is 2.22. The van der Waals surface area contributed by atoms with Crippen molar-refractivity contribution in [2.75, 3.05) is 0 Å². The van der Waals surface area contributed by atoms with Crippen molar-refractivity contribution in [3.63, 3.8) is 0 Å². The van der Waals surface area contributed by atoms with E-state index >= 15 is 0 Å². The minimum atomic E-state index is 0.149. The van der Waals surface area contributed by atoms with E-state index in [-0.39, 0.29) is 11.5 Å². The zero-order chi connectivity index (χ0) is 18.5. The molecule has 0 unspecified atom stereocenters. The molecule has 2 aromatic carbocycles. The van der Waals surface area contributed by atoms with Gasteiger partial charge in [-0.2, -0.15) is 0 Å². The smallest absolute Gasteiger partial charge is 0.119 e. The molecule has 2 heteroatoms. The minimum Gasteiger partial charge on any atom is -0.508 e. The molecule has 0 fully saturated rings. The Morgan fingerprint density at radius 2 is 1.15 bits per heavy atom. The van der Waals surface area contributed by atoms with Crippen LogP contribution in [0.5, 0.6) is 11.5 Å². The highest BCUT2D eigenvalue weighted by molar-refractivity contribution is 5.36. The van der Waals surface area contributed by atoms with Crippen LogP contribution in [0.2, 0.25) is 0 Å². The molecule has 2 rings (SSSR count). The Morgan fingerprint density at radius 1 is 0.577 bits per heavy atom. The fraction of sp³-hybridized carbons (Fsp3) is 0.417. The van der Waals surface area contributed by atoms with E-state index in [1.54, 1.807) is 12.1 Å². The topological polar surface area (TPSA) is 40.5 Å². The van der Waals surface area contributed by atoms with Gasteiger partial charge in [0.05, 0.1) is 0 Å². The SMILES string of the molecule is Oc1cc(O)cc(CCCCCCCC=CCCCc2ccccc2)c1. The lowest BCUT2D eigenvalue weighted by Crippen LogP contribution is -1.86. The Balaban J connectivity index is 1.42. The summed E-state index contributed by atoms with van der Waals surface area (Å²) < 4.78 is 0. The normalized spacial score (nSPS) is 11.2. The molecule has 140 valence electrons. The summed E-state index contributed by atoms with van der Waals surface area (Å²) in [4.78, 5) is 0. The van der Waals surface area contributed by atoms with Gasteiger partial charge in [0.25, 0.3) is 0 Å². The van der Waals surface area contributed by atoms with Gasteiger partial charge in [0.15, 0.2) is 0 Å². The van der Waals surface area contributed by atoms with Gasteiger partial charge < -0.3 is 10.2 Å². The van der Waals surface area contributed by atoms with Crippen molar-refractivity contribution < 1.29 is 10.2 Å². The van der Waals surface area contributed by atoms with Crippen molar-refractivity contribution in [2.24, 2.45) is 0 Å². The number of hydrogen-bond donors (Lipinski definition) is 2. The Labute approximate surface area is 158 Å². The number of phenolic OH excluding ortho intramolecular Hbond substituents is 2. The second-order valence-electron chi connectivity index (χ2n) is 7.01. The lowest BCUT2D eigenvalue weighted by Gasteiger charge is -2.04. The molecule has 0 atom stereocenters. The number of rotatable bonds is 12. The second kappa shape index (κ2) is 12.2. The summed E-state index contributed by atoms with van der Waals surface area (Å²) in [5.74, 6) is 0.297. The first-order valence-electron chi connectivity index (χ1n) is 9.95. The lowest BCUT2D eigenvalue weighted by molar-refractivity contribution is 0.449. The molecule has 0 heterocycles. The number of benzene rings is 2. The maximum atomic E-state index is 9.46. The molecular formula is C24H32O2. The second-order valence-corrected chi connectivity index (χ2v) is 7.01. The summed E-state index contributed by atoms with van der Waals surface area (Å²) in [5, 5.41) is 18.9. The van der Waals surface area contributed by atoms with Crippen LogP contribution in [-0.2, 0) is 12.8 Å². The minimum absolute atomic E-state index is 0.149. The molecule has 0 saturated carbocycles. The average Bonchev–Trinajstić information content (AvgIpc) is 2.63. The van der Waals surface area contributed by atoms with Crippen LogP contribution >= 0.6 is 0 Å². The van der Waals surface area contributed by atoms with E-state index in [0.717, 1.165) is 18.4 Å². The van der Waals surface area contributed by atoms with Crippen LogP contribution < -0.4 is 0 Å². The summed E-state index contributed by atoms with van der Waals surface area (Å²) in [6, 6.07) is 15.5. The van der Waals surface area contributed by atoms with Gasteiger partial charge in [0.2, 0.25) is 0 Å². The summed E-state index contributed by atoms with van der Waals surface area (Å²) >= 11 is 0. The Kier molecular flexibility index (Phi) is 9.42. The molecule has 0 spiro atoms. The highest BCUT2D eigenvalue weighted by Gasteiger charge is 1.99. The molecule has 0 radical (unpaired) electrons. The number of hydrogen-bond acceptors (Lipinski definition) is 2. The molecule has 0 amide bonds. The first-order valence-corrected chi connectivity index (χ1v) is 9.95. The van der Waals surface area contributed by atoms with Crippen molar-refractivity contribution in [1.29, 1.82) is 0 Å². The number of aromatic hydroxyl groups is 2. The van der Waals surface area contributed by atoms with E-state index in [1.165, 1.54) is 63.0 Å². The summed E-state index contributed by atoms with van der Waals surface area (Å²) in [6.45, 7) is 0. The largest absolute Gasteiger partial charge is 0.508 e. The number of allylic oxidation sites excluding steroid dienone is 2. The quantitative estimate of drug-likeness (QED) is 0.335. The van der Waals surface area contributed by atoms with E-state index < -0.39 is 0 Å². The lowest BCUT2D eigenvalue weighted by atomic mass is 10.0. The van der Waals surface area contributed by atoms with Crippen LogP contribution in [0.25, 0.3) is 0 Å². The number of aryl methyl sites for hydroxylation is 2. The molecule has 2 N–H and O–H groups in total. The van der Waals surface area contributed by atoms with E-state index in [0.29, 0.717) is 0 Å². The predicted molar refractivity (Wildman–Crippen MR) is 110 cm³/mol. The molecular weight excluding hydrogens is 320 g/mol. The zero-order valence-electron chi connectivity index (χ0n) is 15.7. The van der Waals surface area contributed by atoms with Crippen LogP contribution in [0.3, 0.4) is 0 Å².